The lowest BCUT2D eigenvalue weighted by molar-refractivity contribution is 0.373. The van der Waals surface area contributed by atoms with Gasteiger partial charge >= 0.3 is 0 Å². The molecular formula is C16H16N2O3. The molecule has 0 heterocycles. The third-order valence-corrected chi connectivity index (χ3v) is 3.06. The summed E-state index contributed by atoms with van der Waals surface area (Å²) in [4.78, 5) is 0. The summed E-state index contributed by atoms with van der Waals surface area (Å²) in [7, 11) is 3.07. The van der Waals surface area contributed by atoms with Gasteiger partial charge in [-0.25, -0.2) is 0 Å². The van der Waals surface area contributed by atoms with Crippen LogP contribution in [0, 0.1) is 11.3 Å². The van der Waals surface area contributed by atoms with Crippen LogP contribution in [0.2, 0.25) is 0 Å². The number of hydrogen-bond acceptors (Lipinski definition) is 5. The van der Waals surface area contributed by atoms with Gasteiger partial charge in [0.2, 0.25) is 0 Å². The fraction of sp³-hybridized carbons (Fsp3) is 0.188. The molecule has 2 N–H and O–H groups in total. The number of nitrogens with one attached hydrogen (secondary N) is 1. The van der Waals surface area contributed by atoms with E-state index in [1.54, 1.807) is 43.5 Å². The zero-order chi connectivity index (χ0) is 15.2. The highest BCUT2D eigenvalue weighted by atomic mass is 16.5. The number of nitrogens with zero attached hydrogens (tertiary/aromatic N) is 1. The van der Waals surface area contributed by atoms with Crippen molar-refractivity contribution >= 4 is 5.69 Å². The number of benzene rings is 2. The van der Waals surface area contributed by atoms with E-state index in [-0.39, 0.29) is 5.75 Å². The topological polar surface area (TPSA) is 74.5 Å². The lowest BCUT2D eigenvalue weighted by atomic mass is 10.1. The van der Waals surface area contributed by atoms with Gasteiger partial charge in [0.25, 0.3) is 0 Å². The van der Waals surface area contributed by atoms with Gasteiger partial charge in [-0.1, -0.05) is 6.07 Å². The fourth-order valence-electron chi connectivity index (χ4n) is 1.94. The second kappa shape index (κ2) is 6.53. The summed E-state index contributed by atoms with van der Waals surface area (Å²) < 4.78 is 10.3. The molecule has 2 aromatic rings. The van der Waals surface area contributed by atoms with E-state index >= 15 is 0 Å². The number of methoxy groups -OCH3 is 2. The first-order valence-electron chi connectivity index (χ1n) is 6.36. The van der Waals surface area contributed by atoms with Gasteiger partial charge in [-0.3, -0.25) is 0 Å². The number of nitriles is 1. The second-order valence-corrected chi connectivity index (χ2v) is 4.39. The number of ether oxygens (including phenoxy) is 2. The van der Waals surface area contributed by atoms with E-state index in [9.17, 15) is 5.11 Å². The predicted molar refractivity (Wildman–Crippen MR) is 79.7 cm³/mol. The van der Waals surface area contributed by atoms with Crippen LogP contribution < -0.4 is 14.8 Å². The van der Waals surface area contributed by atoms with Crippen molar-refractivity contribution in [2.75, 3.05) is 19.5 Å². The first kappa shape index (κ1) is 14.5. The second-order valence-electron chi connectivity index (χ2n) is 4.39. The van der Waals surface area contributed by atoms with Gasteiger partial charge in [0.15, 0.2) is 11.5 Å². The maximum Gasteiger partial charge on any atom is 0.160 e. The molecule has 5 nitrogen and oxygen atoms in total. The molecule has 0 aliphatic carbocycles. The van der Waals surface area contributed by atoms with E-state index in [0.717, 1.165) is 11.3 Å². The van der Waals surface area contributed by atoms with Crippen LogP contribution in [0.15, 0.2) is 36.4 Å². The first-order valence-corrected chi connectivity index (χ1v) is 6.36. The van der Waals surface area contributed by atoms with Crippen LogP contribution in [0.1, 0.15) is 11.1 Å². The van der Waals surface area contributed by atoms with Crippen molar-refractivity contribution in [1.29, 1.82) is 5.26 Å². The fourth-order valence-corrected chi connectivity index (χ4v) is 1.94. The van der Waals surface area contributed by atoms with E-state index < -0.39 is 0 Å². The van der Waals surface area contributed by atoms with Crippen molar-refractivity contribution in [3.05, 3.63) is 47.5 Å². The quantitative estimate of drug-likeness (QED) is 0.883. The monoisotopic (exact) mass is 284 g/mol. The molecule has 0 saturated carbocycles. The Morgan fingerprint density at radius 1 is 1.10 bits per heavy atom. The zero-order valence-electron chi connectivity index (χ0n) is 11.9. The number of aromatic hydroxyl groups is 1. The molecular weight excluding hydrogens is 268 g/mol. The average molecular weight is 284 g/mol. The zero-order valence-corrected chi connectivity index (χ0v) is 11.9. The molecule has 0 aromatic heterocycles. The predicted octanol–water partition coefficient (Wildman–Crippen LogP) is 2.89. The maximum absolute atomic E-state index is 9.56. The van der Waals surface area contributed by atoms with Gasteiger partial charge < -0.3 is 19.9 Å². The summed E-state index contributed by atoms with van der Waals surface area (Å²) in [5.74, 6) is 1.15. The Morgan fingerprint density at radius 3 is 2.52 bits per heavy atom. The summed E-state index contributed by atoms with van der Waals surface area (Å²) >= 11 is 0. The molecule has 0 aliphatic rings. The van der Waals surface area contributed by atoms with Crippen molar-refractivity contribution < 1.29 is 14.6 Å². The Kier molecular flexibility index (Phi) is 4.52. The minimum absolute atomic E-state index is 0.109. The van der Waals surface area contributed by atoms with E-state index in [1.165, 1.54) is 7.11 Å². The van der Waals surface area contributed by atoms with E-state index in [1.807, 2.05) is 0 Å². The van der Waals surface area contributed by atoms with E-state index in [2.05, 4.69) is 11.4 Å². The standard InChI is InChI=1S/C16H16N2O3/c1-20-15-7-11(9-17)3-5-13(15)18-10-12-4-6-14(19)16(8-12)21-2/h3-8,18-19H,10H2,1-2H3. The van der Waals surface area contributed by atoms with Gasteiger partial charge in [-0.2, -0.15) is 5.26 Å². The highest BCUT2D eigenvalue weighted by molar-refractivity contribution is 5.59. The summed E-state index contributed by atoms with van der Waals surface area (Å²) in [6.45, 7) is 0.541. The van der Waals surface area contributed by atoms with Crippen LogP contribution in [0.4, 0.5) is 5.69 Å². The summed E-state index contributed by atoms with van der Waals surface area (Å²) in [6, 6.07) is 12.4. The van der Waals surface area contributed by atoms with Crippen molar-refractivity contribution in [3.8, 4) is 23.3 Å². The molecule has 0 amide bonds. The SMILES string of the molecule is COc1cc(CNc2ccc(C#N)cc2OC)ccc1O. The lowest BCUT2D eigenvalue weighted by Crippen LogP contribution is -2.02. The van der Waals surface area contributed by atoms with Crippen molar-refractivity contribution in [2.45, 2.75) is 6.54 Å². The van der Waals surface area contributed by atoms with Gasteiger partial charge in [0, 0.05) is 12.6 Å². The van der Waals surface area contributed by atoms with Crippen LogP contribution in [0.5, 0.6) is 17.2 Å². The molecule has 2 rings (SSSR count). The molecule has 5 heteroatoms. The summed E-state index contributed by atoms with van der Waals surface area (Å²) in [5.41, 5.74) is 2.29. The van der Waals surface area contributed by atoms with Gasteiger partial charge in [0.05, 0.1) is 31.5 Å². The minimum Gasteiger partial charge on any atom is -0.504 e. The molecule has 0 unspecified atom stereocenters. The van der Waals surface area contributed by atoms with Crippen LogP contribution in [0.25, 0.3) is 0 Å². The number of rotatable bonds is 5. The molecule has 2 aromatic carbocycles. The van der Waals surface area contributed by atoms with Gasteiger partial charge in [-0.05, 0) is 29.8 Å². The number of phenols is 1. The molecule has 0 aliphatic heterocycles. The van der Waals surface area contributed by atoms with E-state index in [4.69, 9.17) is 14.7 Å². The third-order valence-electron chi connectivity index (χ3n) is 3.06. The van der Waals surface area contributed by atoms with Crippen LogP contribution in [-0.4, -0.2) is 19.3 Å². The molecule has 0 fully saturated rings. The van der Waals surface area contributed by atoms with Crippen molar-refractivity contribution in [1.82, 2.24) is 0 Å². The van der Waals surface area contributed by atoms with Crippen LogP contribution >= 0.6 is 0 Å². The molecule has 21 heavy (non-hydrogen) atoms. The molecule has 0 spiro atoms. The molecule has 108 valence electrons. The maximum atomic E-state index is 9.56. The number of anilines is 1. The normalized spacial score (nSPS) is 9.76. The molecule has 0 atom stereocenters. The molecule has 0 saturated heterocycles. The Hall–Kier alpha value is -2.87. The van der Waals surface area contributed by atoms with Crippen LogP contribution in [-0.2, 0) is 6.54 Å². The van der Waals surface area contributed by atoms with Crippen molar-refractivity contribution in [3.63, 3.8) is 0 Å². The first-order chi connectivity index (χ1) is 10.2. The van der Waals surface area contributed by atoms with E-state index in [0.29, 0.717) is 23.6 Å². The Labute approximate surface area is 123 Å². The lowest BCUT2D eigenvalue weighted by Gasteiger charge is -2.12. The number of hydrogen-bond donors (Lipinski definition) is 2. The van der Waals surface area contributed by atoms with Gasteiger partial charge in [0.1, 0.15) is 5.75 Å². The van der Waals surface area contributed by atoms with Crippen LogP contribution in [0.3, 0.4) is 0 Å². The van der Waals surface area contributed by atoms with Gasteiger partial charge in [-0.15, -0.1) is 0 Å². The Morgan fingerprint density at radius 2 is 1.86 bits per heavy atom. The molecule has 0 radical (unpaired) electrons. The summed E-state index contributed by atoms with van der Waals surface area (Å²) in [6.07, 6.45) is 0. The average Bonchev–Trinajstić information content (AvgIpc) is 2.53. The Bertz CT molecular complexity index is 678. The minimum atomic E-state index is 0.109. The highest BCUT2D eigenvalue weighted by Crippen LogP contribution is 2.28. The highest BCUT2D eigenvalue weighted by Gasteiger charge is 2.06. The summed E-state index contributed by atoms with van der Waals surface area (Å²) in [5, 5.41) is 21.7. The largest absolute Gasteiger partial charge is 0.504 e. The Balaban J connectivity index is 2.15. The molecule has 0 bridgehead atoms. The van der Waals surface area contributed by atoms with Crippen molar-refractivity contribution in [2.24, 2.45) is 0 Å². The third kappa shape index (κ3) is 3.37. The smallest absolute Gasteiger partial charge is 0.160 e. The number of phenolic OH excluding ortho intramolecular Hbond substituents is 1.